The van der Waals surface area contributed by atoms with E-state index in [0.29, 0.717) is 6.42 Å². The van der Waals surface area contributed by atoms with Crippen LogP contribution in [0.5, 0.6) is 0 Å². The summed E-state index contributed by atoms with van der Waals surface area (Å²) in [6.07, 6.45) is 1.83. The van der Waals surface area contributed by atoms with Gasteiger partial charge in [0.2, 0.25) is 10.0 Å². The molecule has 0 aromatic carbocycles. The minimum atomic E-state index is -3.35. The Bertz CT molecular complexity index is 687. The van der Waals surface area contributed by atoms with Gasteiger partial charge in [0, 0.05) is 12.0 Å². The second kappa shape index (κ2) is 4.73. The van der Waals surface area contributed by atoms with Crippen molar-refractivity contribution in [2.24, 2.45) is 5.10 Å². The first-order chi connectivity index (χ1) is 9.05. The topological polar surface area (TPSA) is 49.7 Å². The number of thiophene rings is 2. The second-order valence-corrected chi connectivity index (χ2v) is 7.77. The number of nitrogens with zero attached hydrogens (tertiary/aromatic N) is 2. The van der Waals surface area contributed by atoms with E-state index in [1.165, 1.54) is 10.7 Å². The van der Waals surface area contributed by atoms with Gasteiger partial charge in [-0.3, -0.25) is 0 Å². The molecular weight excluding hydrogens is 300 g/mol. The molecule has 0 N–H and O–H groups in total. The van der Waals surface area contributed by atoms with Gasteiger partial charge in [-0.05, 0) is 39.2 Å². The average molecular weight is 312 g/mol. The summed E-state index contributed by atoms with van der Waals surface area (Å²) in [6, 6.07) is 3.72. The molecule has 1 aliphatic heterocycles. The van der Waals surface area contributed by atoms with E-state index in [0.717, 1.165) is 16.8 Å². The van der Waals surface area contributed by atoms with Gasteiger partial charge in [0.15, 0.2) is 0 Å². The van der Waals surface area contributed by atoms with Crippen molar-refractivity contribution in [1.29, 1.82) is 0 Å². The highest BCUT2D eigenvalue weighted by molar-refractivity contribution is 7.88. The fourth-order valence-corrected chi connectivity index (χ4v) is 4.39. The molecule has 2 aromatic heterocycles. The van der Waals surface area contributed by atoms with E-state index in [4.69, 9.17) is 0 Å². The summed E-state index contributed by atoms with van der Waals surface area (Å²) in [6.45, 7) is 0. The molecule has 100 valence electrons. The van der Waals surface area contributed by atoms with Crippen LogP contribution in [0.4, 0.5) is 0 Å². The first-order valence-electron chi connectivity index (χ1n) is 5.67. The molecule has 1 unspecified atom stereocenters. The van der Waals surface area contributed by atoms with Gasteiger partial charge in [0.1, 0.15) is 0 Å². The summed E-state index contributed by atoms with van der Waals surface area (Å²) in [7, 11) is -3.35. The minimum absolute atomic E-state index is 0.212. The van der Waals surface area contributed by atoms with Crippen molar-refractivity contribution in [3.8, 4) is 0 Å². The Labute approximate surface area is 120 Å². The number of hydrogen-bond acceptors (Lipinski definition) is 5. The Morgan fingerprint density at radius 1 is 1.26 bits per heavy atom. The maximum atomic E-state index is 11.9. The van der Waals surface area contributed by atoms with Crippen molar-refractivity contribution in [2.75, 3.05) is 6.26 Å². The number of hydrazone groups is 1. The summed E-state index contributed by atoms with van der Waals surface area (Å²) >= 11 is 3.15. The molecule has 0 saturated carbocycles. The Morgan fingerprint density at radius 2 is 2.00 bits per heavy atom. The molecule has 0 amide bonds. The lowest BCUT2D eigenvalue weighted by Gasteiger charge is -2.20. The van der Waals surface area contributed by atoms with Crippen LogP contribution in [0, 0.1) is 0 Å². The zero-order chi connectivity index (χ0) is 13.5. The number of rotatable bonds is 3. The molecule has 19 heavy (non-hydrogen) atoms. The van der Waals surface area contributed by atoms with Gasteiger partial charge in [-0.1, -0.05) is 0 Å². The smallest absolute Gasteiger partial charge is 0.205 e. The van der Waals surface area contributed by atoms with Crippen molar-refractivity contribution < 1.29 is 8.42 Å². The number of sulfonamides is 1. The summed E-state index contributed by atoms with van der Waals surface area (Å²) in [5, 5.41) is 12.2. The lowest BCUT2D eigenvalue weighted by Crippen LogP contribution is -2.25. The highest BCUT2D eigenvalue weighted by Gasteiger charge is 2.34. The predicted molar refractivity (Wildman–Crippen MR) is 79.2 cm³/mol. The molecule has 0 saturated heterocycles. The number of hydrogen-bond donors (Lipinski definition) is 0. The highest BCUT2D eigenvalue weighted by atomic mass is 32.2. The average Bonchev–Trinajstić information content (AvgIpc) is 3.09. The minimum Gasteiger partial charge on any atom is -0.205 e. The molecule has 4 nitrogen and oxygen atoms in total. The first-order valence-corrected chi connectivity index (χ1v) is 9.40. The monoisotopic (exact) mass is 312 g/mol. The van der Waals surface area contributed by atoms with Crippen LogP contribution < -0.4 is 0 Å². The van der Waals surface area contributed by atoms with Gasteiger partial charge >= 0.3 is 0 Å². The predicted octanol–water partition coefficient (Wildman–Crippen LogP) is 2.92. The van der Waals surface area contributed by atoms with Crippen LogP contribution in [-0.4, -0.2) is 24.8 Å². The lowest BCUT2D eigenvalue weighted by molar-refractivity contribution is 0.375. The van der Waals surface area contributed by atoms with Gasteiger partial charge in [0.25, 0.3) is 0 Å². The summed E-state index contributed by atoms with van der Waals surface area (Å²) in [5.74, 6) is 0. The third-order valence-electron chi connectivity index (χ3n) is 2.99. The molecule has 2 aromatic rings. The Hall–Kier alpha value is -1.18. The van der Waals surface area contributed by atoms with Crippen LogP contribution >= 0.6 is 22.7 Å². The van der Waals surface area contributed by atoms with Gasteiger partial charge in [-0.15, -0.1) is 0 Å². The van der Waals surface area contributed by atoms with E-state index in [2.05, 4.69) is 5.10 Å². The maximum absolute atomic E-state index is 11.9. The molecule has 0 aliphatic carbocycles. The molecule has 3 heterocycles. The van der Waals surface area contributed by atoms with Crippen molar-refractivity contribution >= 4 is 38.4 Å². The molecule has 0 fully saturated rings. The van der Waals surface area contributed by atoms with E-state index in [1.54, 1.807) is 22.7 Å². The molecule has 7 heteroatoms. The van der Waals surface area contributed by atoms with Crippen LogP contribution in [0.1, 0.15) is 23.6 Å². The standard InChI is InChI=1S/C12H12N2O2S3/c1-19(15,16)14-12(10-3-5-18-8-10)6-11(13-14)9-2-4-17-7-9/h2-5,7-8,12H,6H2,1H3. The fraction of sp³-hybridized carbons (Fsp3) is 0.250. The first kappa shape index (κ1) is 12.8. The molecule has 0 spiro atoms. The molecule has 1 atom stereocenters. The zero-order valence-corrected chi connectivity index (χ0v) is 12.6. The lowest BCUT2D eigenvalue weighted by atomic mass is 10.0. The summed E-state index contributed by atoms with van der Waals surface area (Å²) < 4.78 is 25.0. The van der Waals surface area contributed by atoms with E-state index < -0.39 is 10.0 Å². The normalized spacial score (nSPS) is 19.7. The Morgan fingerprint density at radius 3 is 2.58 bits per heavy atom. The largest absolute Gasteiger partial charge is 0.247 e. The Balaban J connectivity index is 2.00. The molecule has 0 bridgehead atoms. The van der Waals surface area contributed by atoms with Crippen molar-refractivity contribution in [3.63, 3.8) is 0 Å². The van der Waals surface area contributed by atoms with E-state index >= 15 is 0 Å². The van der Waals surface area contributed by atoms with Crippen LogP contribution in [0.15, 0.2) is 38.8 Å². The van der Waals surface area contributed by atoms with Crippen molar-refractivity contribution in [2.45, 2.75) is 12.5 Å². The van der Waals surface area contributed by atoms with Crippen LogP contribution in [-0.2, 0) is 10.0 Å². The van der Waals surface area contributed by atoms with E-state index in [1.807, 2.05) is 33.7 Å². The summed E-state index contributed by atoms with van der Waals surface area (Å²) in [4.78, 5) is 0. The van der Waals surface area contributed by atoms with Gasteiger partial charge in [-0.2, -0.15) is 32.2 Å². The van der Waals surface area contributed by atoms with E-state index in [-0.39, 0.29) is 6.04 Å². The van der Waals surface area contributed by atoms with Crippen molar-refractivity contribution in [1.82, 2.24) is 4.41 Å². The molecule has 0 radical (unpaired) electrons. The fourth-order valence-electron chi connectivity index (χ4n) is 2.11. The molecule has 3 rings (SSSR count). The van der Waals surface area contributed by atoms with E-state index in [9.17, 15) is 8.42 Å². The maximum Gasteiger partial charge on any atom is 0.247 e. The van der Waals surface area contributed by atoms with Crippen LogP contribution in [0.25, 0.3) is 0 Å². The SMILES string of the molecule is CS(=O)(=O)N1N=C(c2ccsc2)CC1c1ccsc1. The third kappa shape index (κ3) is 2.45. The third-order valence-corrected chi connectivity index (χ3v) is 5.40. The highest BCUT2D eigenvalue weighted by Crippen LogP contribution is 2.35. The second-order valence-electron chi connectivity index (χ2n) is 4.37. The summed E-state index contributed by atoms with van der Waals surface area (Å²) in [5.41, 5.74) is 2.85. The van der Waals surface area contributed by atoms with Gasteiger partial charge < -0.3 is 0 Å². The van der Waals surface area contributed by atoms with Gasteiger partial charge in [-0.25, -0.2) is 8.42 Å². The zero-order valence-electron chi connectivity index (χ0n) is 10.2. The van der Waals surface area contributed by atoms with Gasteiger partial charge in [0.05, 0.1) is 18.0 Å². The quantitative estimate of drug-likeness (QED) is 0.875. The van der Waals surface area contributed by atoms with Crippen LogP contribution in [0.2, 0.25) is 0 Å². The molecule has 1 aliphatic rings. The molecular formula is C12H12N2O2S3. The van der Waals surface area contributed by atoms with Crippen molar-refractivity contribution in [3.05, 3.63) is 44.8 Å². The van der Waals surface area contributed by atoms with Crippen LogP contribution in [0.3, 0.4) is 0 Å². The Kier molecular flexibility index (Phi) is 3.20.